The first kappa shape index (κ1) is 17.4. The van der Waals surface area contributed by atoms with Crippen molar-refractivity contribution >= 4 is 11.4 Å². The van der Waals surface area contributed by atoms with Crippen LogP contribution in [0.3, 0.4) is 0 Å². The average Bonchev–Trinajstić information content (AvgIpc) is 3.01. The molecule has 1 N–H and O–H groups in total. The highest BCUT2D eigenvalue weighted by Gasteiger charge is 2.24. The Kier molecular flexibility index (Phi) is 5.34. The second-order valence-corrected chi connectivity index (χ2v) is 6.85. The average molecular weight is 339 g/mol. The summed E-state index contributed by atoms with van der Waals surface area (Å²) in [5.74, 6) is 0. The van der Waals surface area contributed by atoms with E-state index in [2.05, 4.69) is 34.5 Å². The van der Waals surface area contributed by atoms with Crippen molar-refractivity contribution in [1.29, 1.82) is 0 Å². The second-order valence-electron chi connectivity index (χ2n) is 6.85. The SMILES string of the molecule is CN(C)c1ccc(CCCNC2CCc3ccc([N+](=O)[O-])cc32)cc1. The zero-order chi connectivity index (χ0) is 17.8. The Balaban J connectivity index is 1.51. The molecule has 25 heavy (non-hydrogen) atoms. The molecule has 1 aliphatic carbocycles. The number of hydrogen-bond donors (Lipinski definition) is 1. The molecular formula is C20H25N3O2. The fourth-order valence-corrected chi connectivity index (χ4v) is 3.44. The fourth-order valence-electron chi connectivity index (χ4n) is 3.44. The van der Waals surface area contributed by atoms with Crippen molar-refractivity contribution in [3.63, 3.8) is 0 Å². The summed E-state index contributed by atoms with van der Waals surface area (Å²) in [6, 6.07) is 14.2. The largest absolute Gasteiger partial charge is 0.378 e. The van der Waals surface area contributed by atoms with Crippen LogP contribution in [-0.4, -0.2) is 25.6 Å². The highest BCUT2D eigenvalue weighted by Crippen LogP contribution is 2.33. The predicted molar refractivity (Wildman–Crippen MR) is 101 cm³/mol. The van der Waals surface area contributed by atoms with Gasteiger partial charge in [0.25, 0.3) is 5.69 Å². The van der Waals surface area contributed by atoms with Crippen molar-refractivity contribution in [2.45, 2.75) is 31.7 Å². The number of benzene rings is 2. The van der Waals surface area contributed by atoms with Crippen molar-refractivity contribution in [2.75, 3.05) is 25.5 Å². The molecule has 0 spiro atoms. The number of nitrogens with one attached hydrogen (secondary N) is 1. The summed E-state index contributed by atoms with van der Waals surface area (Å²) in [6.45, 7) is 0.919. The zero-order valence-electron chi connectivity index (χ0n) is 14.9. The van der Waals surface area contributed by atoms with Crippen molar-refractivity contribution in [3.05, 3.63) is 69.3 Å². The lowest BCUT2D eigenvalue weighted by molar-refractivity contribution is -0.384. The van der Waals surface area contributed by atoms with Crippen LogP contribution in [0.4, 0.5) is 11.4 Å². The molecule has 1 aliphatic rings. The van der Waals surface area contributed by atoms with E-state index in [1.165, 1.54) is 16.8 Å². The maximum atomic E-state index is 11.0. The van der Waals surface area contributed by atoms with Crippen molar-refractivity contribution < 1.29 is 4.92 Å². The van der Waals surface area contributed by atoms with Crippen LogP contribution >= 0.6 is 0 Å². The zero-order valence-corrected chi connectivity index (χ0v) is 14.9. The summed E-state index contributed by atoms with van der Waals surface area (Å²) < 4.78 is 0. The molecule has 0 heterocycles. The number of nitrogens with zero attached hydrogens (tertiary/aromatic N) is 2. The number of anilines is 1. The molecule has 0 amide bonds. The fraction of sp³-hybridized carbons (Fsp3) is 0.400. The van der Waals surface area contributed by atoms with Gasteiger partial charge in [0.15, 0.2) is 0 Å². The molecule has 0 aliphatic heterocycles. The van der Waals surface area contributed by atoms with Crippen LogP contribution in [0.2, 0.25) is 0 Å². The quantitative estimate of drug-likeness (QED) is 0.473. The minimum Gasteiger partial charge on any atom is -0.378 e. The third-order valence-electron chi connectivity index (χ3n) is 4.90. The van der Waals surface area contributed by atoms with Crippen LogP contribution in [0.1, 0.15) is 35.6 Å². The van der Waals surface area contributed by atoms with Gasteiger partial charge in [-0.25, -0.2) is 0 Å². The van der Waals surface area contributed by atoms with Crippen LogP contribution < -0.4 is 10.2 Å². The van der Waals surface area contributed by atoms with E-state index in [0.717, 1.165) is 37.8 Å². The van der Waals surface area contributed by atoms with Gasteiger partial charge in [0.05, 0.1) is 4.92 Å². The van der Waals surface area contributed by atoms with Crippen LogP contribution in [0.15, 0.2) is 42.5 Å². The number of nitro benzene ring substituents is 1. The van der Waals surface area contributed by atoms with Gasteiger partial charge in [0, 0.05) is 38.0 Å². The number of non-ortho nitro benzene ring substituents is 1. The topological polar surface area (TPSA) is 58.4 Å². The predicted octanol–water partition coefficient (Wildman–Crippen LogP) is 3.87. The maximum absolute atomic E-state index is 11.0. The Morgan fingerprint density at radius 1 is 1.20 bits per heavy atom. The Labute approximate surface area is 148 Å². The van der Waals surface area contributed by atoms with E-state index in [-0.39, 0.29) is 16.7 Å². The third kappa shape index (κ3) is 4.17. The molecule has 3 rings (SSSR count). The Morgan fingerprint density at radius 3 is 2.64 bits per heavy atom. The summed E-state index contributed by atoms with van der Waals surface area (Å²) in [5, 5.41) is 14.5. The Morgan fingerprint density at radius 2 is 1.96 bits per heavy atom. The summed E-state index contributed by atoms with van der Waals surface area (Å²) in [6.07, 6.45) is 4.11. The van der Waals surface area contributed by atoms with E-state index in [0.29, 0.717) is 0 Å². The number of aryl methyl sites for hydroxylation is 2. The van der Waals surface area contributed by atoms with Crippen LogP contribution in [0.5, 0.6) is 0 Å². The van der Waals surface area contributed by atoms with Gasteiger partial charge in [-0.15, -0.1) is 0 Å². The standard InChI is InChI=1S/C20H25N3O2/c1-22(2)17-9-5-15(6-10-17)4-3-13-21-20-12-8-16-7-11-18(23(24)25)14-19(16)20/h5-7,9-11,14,20-21H,3-4,8,12-13H2,1-2H3. The second kappa shape index (κ2) is 7.66. The minimum absolute atomic E-state index is 0.188. The molecule has 0 bridgehead atoms. The van der Waals surface area contributed by atoms with Crippen molar-refractivity contribution in [3.8, 4) is 0 Å². The Hall–Kier alpha value is -2.40. The van der Waals surface area contributed by atoms with Crippen LogP contribution in [0.25, 0.3) is 0 Å². The van der Waals surface area contributed by atoms with Crippen LogP contribution in [0, 0.1) is 10.1 Å². The van der Waals surface area contributed by atoms with Gasteiger partial charge < -0.3 is 10.2 Å². The number of nitro groups is 1. The van der Waals surface area contributed by atoms with Gasteiger partial charge in [-0.1, -0.05) is 18.2 Å². The van der Waals surface area contributed by atoms with E-state index < -0.39 is 0 Å². The molecule has 1 unspecified atom stereocenters. The molecule has 0 aromatic heterocycles. The lowest BCUT2D eigenvalue weighted by Crippen LogP contribution is -2.21. The number of fused-ring (bicyclic) bond motifs is 1. The lowest BCUT2D eigenvalue weighted by atomic mass is 10.1. The maximum Gasteiger partial charge on any atom is 0.269 e. The van der Waals surface area contributed by atoms with Crippen molar-refractivity contribution in [2.24, 2.45) is 0 Å². The molecule has 132 valence electrons. The number of rotatable bonds is 7. The van der Waals surface area contributed by atoms with E-state index in [1.54, 1.807) is 12.1 Å². The van der Waals surface area contributed by atoms with E-state index in [4.69, 9.17) is 0 Å². The first-order valence-corrected chi connectivity index (χ1v) is 8.81. The first-order chi connectivity index (χ1) is 12.0. The smallest absolute Gasteiger partial charge is 0.269 e. The molecule has 1 atom stereocenters. The molecule has 0 radical (unpaired) electrons. The van der Waals surface area contributed by atoms with Gasteiger partial charge >= 0.3 is 0 Å². The van der Waals surface area contributed by atoms with Crippen molar-refractivity contribution in [1.82, 2.24) is 5.32 Å². The van der Waals surface area contributed by atoms with Gasteiger partial charge in [-0.2, -0.15) is 0 Å². The van der Waals surface area contributed by atoms with Gasteiger partial charge in [0.2, 0.25) is 0 Å². The molecular weight excluding hydrogens is 314 g/mol. The minimum atomic E-state index is -0.312. The first-order valence-electron chi connectivity index (χ1n) is 8.81. The molecule has 0 saturated heterocycles. The highest BCUT2D eigenvalue weighted by molar-refractivity contribution is 5.46. The summed E-state index contributed by atoms with van der Waals surface area (Å²) >= 11 is 0. The van der Waals surface area contributed by atoms with E-state index in [1.807, 2.05) is 20.2 Å². The van der Waals surface area contributed by atoms with Gasteiger partial charge in [-0.05, 0) is 61.1 Å². The van der Waals surface area contributed by atoms with Gasteiger partial charge in [-0.3, -0.25) is 10.1 Å². The molecule has 2 aromatic carbocycles. The van der Waals surface area contributed by atoms with Gasteiger partial charge in [0.1, 0.15) is 0 Å². The highest BCUT2D eigenvalue weighted by atomic mass is 16.6. The molecule has 0 saturated carbocycles. The van der Waals surface area contributed by atoms with E-state index >= 15 is 0 Å². The summed E-state index contributed by atoms with van der Waals surface area (Å²) in [7, 11) is 4.09. The summed E-state index contributed by atoms with van der Waals surface area (Å²) in [5.41, 5.74) is 5.08. The normalized spacial score (nSPS) is 15.8. The molecule has 0 fully saturated rings. The Bertz CT molecular complexity index is 741. The van der Waals surface area contributed by atoms with E-state index in [9.17, 15) is 10.1 Å². The molecule has 5 heteroatoms. The van der Waals surface area contributed by atoms with Crippen LogP contribution in [-0.2, 0) is 12.8 Å². The molecule has 5 nitrogen and oxygen atoms in total. The third-order valence-corrected chi connectivity index (χ3v) is 4.90. The summed E-state index contributed by atoms with van der Waals surface area (Å²) in [4.78, 5) is 12.8. The number of hydrogen-bond acceptors (Lipinski definition) is 4. The lowest BCUT2D eigenvalue weighted by Gasteiger charge is -2.15. The monoisotopic (exact) mass is 339 g/mol. The molecule has 2 aromatic rings.